The van der Waals surface area contributed by atoms with Gasteiger partial charge < -0.3 is 20.6 Å². The molecule has 0 saturated carbocycles. The highest BCUT2D eigenvalue weighted by molar-refractivity contribution is 5.74. The van der Waals surface area contributed by atoms with E-state index < -0.39 is 0 Å². The van der Waals surface area contributed by atoms with Gasteiger partial charge in [-0.1, -0.05) is 26.0 Å². The van der Waals surface area contributed by atoms with Crippen LogP contribution in [0.3, 0.4) is 0 Å². The van der Waals surface area contributed by atoms with E-state index in [1.165, 1.54) is 0 Å². The number of carbonyl (C=O) groups is 1. The van der Waals surface area contributed by atoms with Crippen LogP contribution in [0.1, 0.15) is 20.3 Å². The van der Waals surface area contributed by atoms with Crippen LogP contribution in [-0.2, 0) is 0 Å². The quantitative estimate of drug-likeness (QED) is 0.622. The molecule has 0 aromatic carbocycles. The molecule has 6 heteroatoms. The van der Waals surface area contributed by atoms with Crippen LogP contribution >= 0.6 is 0 Å². The van der Waals surface area contributed by atoms with Gasteiger partial charge in [0, 0.05) is 57.3 Å². The molecule has 3 N–H and O–H groups in total. The number of nitrogens with one attached hydrogen (secondary N) is 2. The molecule has 0 aromatic heterocycles. The molecule has 0 radical (unpaired) electrons. The highest BCUT2D eigenvalue weighted by Crippen LogP contribution is 2.17. The Balaban J connectivity index is 1.75. The zero-order chi connectivity index (χ0) is 16.8. The minimum Gasteiger partial charge on any atom is -0.396 e. The molecule has 23 heavy (non-hydrogen) atoms. The average molecular weight is 324 g/mol. The Morgan fingerprint density at radius 3 is 2.52 bits per heavy atom. The lowest BCUT2D eigenvalue weighted by Gasteiger charge is -2.40. The summed E-state index contributed by atoms with van der Waals surface area (Å²) in [5.41, 5.74) is 0. The fourth-order valence-corrected chi connectivity index (χ4v) is 3.37. The molecule has 1 aliphatic carbocycles. The van der Waals surface area contributed by atoms with E-state index in [4.69, 9.17) is 5.11 Å². The second kappa shape index (κ2) is 8.66. The van der Waals surface area contributed by atoms with Crippen molar-refractivity contribution < 1.29 is 9.90 Å². The summed E-state index contributed by atoms with van der Waals surface area (Å²) in [7, 11) is 2.15. The number of amides is 2. The standard InChI is InChI=1S/C17H32N4O2/c1-13(2)16(21-8-6-20(3)7-9-21)11-18-17(23)19-15-5-4-14(10-15)12-22/h4-5,13-16,22H,6-12H2,1-3H3,(H2,18,19,23)/t14-,15+,16?/m0/s1. The van der Waals surface area contributed by atoms with Crippen LogP contribution in [0.25, 0.3) is 0 Å². The Hall–Kier alpha value is -1.11. The van der Waals surface area contributed by atoms with E-state index in [0.29, 0.717) is 18.5 Å². The first-order valence-electron chi connectivity index (χ1n) is 8.75. The largest absolute Gasteiger partial charge is 0.396 e. The molecule has 1 unspecified atom stereocenters. The molecule has 132 valence electrons. The predicted molar refractivity (Wildman–Crippen MR) is 92.4 cm³/mol. The first-order chi connectivity index (χ1) is 11.0. The van der Waals surface area contributed by atoms with Gasteiger partial charge in [0.1, 0.15) is 0 Å². The molecular formula is C17H32N4O2. The number of aliphatic hydroxyl groups excluding tert-OH is 1. The van der Waals surface area contributed by atoms with E-state index in [-0.39, 0.29) is 24.6 Å². The molecule has 6 nitrogen and oxygen atoms in total. The minimum absolute atomic E-state index is 0.0355. The second-order valence-corrected chi connectivity index (χ2v) is 7.17. The predicted octanol–water partition coefficient (Wildman–Crippen LogP) is 0.495. The minimum atomic E-state index is -0.113. The van der Waals surface area contributed by atoms with E-state index in [1.807, 2.05) is 12.2 Å². The van der Waals surface area contributed by atoms with Crippen LogP contribution in [-0.4, -0.2) is 79.4 Å². The van der Waals surface area contributed by atoms with Crippen LogP contribution in [0.5, 0.6) is 0 Å². The lowest BCUT2D eigenvalue weighted by atomic mass is 10.0. The highest BCUT2D eigenvalue weighted by atomic mass is 16.3. The number of nitrogens with zero attached hydrogens (tertiary/aromatic N) is 2. The molecule has 2 amide bonds. The zero-order valence-electron chi connectivity index (χ0n) is 14.7. The van der Waals surface area contributed by atoms with Crippen molar-refractivity contribution in [2.45, 2.75) is 32.4 Å². The third-order valence-electron chi connectivity index (χ3n) is 4.97. The molecule has 1 heterocycles. The van der Waals surface area contributed by atoms with Crippen molar-refractivity contribution in [3.63, 3.8) is 0 Å². The molecular weight excluding hydrogens is 292 g/mol. The summed E-state index contributed by atoms with van der Waals surface area (Å²) in [6.07, 6.45) is 4.74. The number of piperazine rings is 1. The fourth-order valence-electron chi connectivity index (χ4n) is 3.37. The molecule has 2 rings (SSSR count). The molecule has 1 fully saturated rings. The van der Waals surface area contributed by atoms with Crippen molar-refractivity contribution in [1.82, 2.24) is 20.4 Å². The SMILES string of the molecule is CC(C)C(CNC(=O)N[C@@H]1C=C[C@H](CO)C1)N1CCN(C)CC1. The lowest BCUT2D eigenvalue weighted by Crippen LogP contribution is -2.55. The van der Waals surface area contributed by atoms with Gasteiger partial charge >= 0.3 is 6.03 Å². The second-order valence-electron chi connectivity index (χ2n) is 7.17. The maximum atomic E-state index is 12.1. The molecule has 1 saturated heterocycles. The third-order valence-corrected chi connectivity index (χ3v) is 4.97. The molecule has 2 aliphatic rings. The van der Waals surface area contributed by atoms with Gasteiger partial charge in [-0.3, -0.25) is 4.90 Å². The third kappa shape index (κ3) is 5.48. The van der Waals surface area contributed by atoms with Crippen molar-refractivity contribution in [3.8, 4) is 0 Å². The van der Waals surface area contributed by atoms with Gasteiger partial charge in [0.05, 0.1) is 0 Å². The summed E-state index contributed by atoms with van der Waals surface area (Å²) in [5.74, 6) is 0.679. The van der Waals surface area contributed by atoms with Gasteiger partial charge in [-0.05, 0) is 19.4 Å². The van der Waals surface area contributed by atoms with Crippen molar-refractivity contribution >= 4 is 6.03 Å². The van der Waals surface area contributed by atoms with Gasteiger partial charge in [0.25, 0.3) is 0 Å². The number of hydrogen-bond acceptors (Lipinski definition) is 4. The monoisotopic (exact) mass is 324 g/mol. The Kier molecular flexibility index (Phi) is 6.87. The van der Waals surface area contributed by atoms with Crippen LogP contribution in [0.4, 0.5) is 4.79 Å². The summed E-state index contributed by atoms with van der Waals surface area (Å²) >= 11 is 0. The maximum Gasteiger partial charge on any atom is 0.315 e. The van der Waals surface area contributed by atoms with Crippen LogP contribution in [0.15, 0.2) is 12.2 Å². The molecule has 0 aromatic rings. The van der Waals surface area contributed by atoms with Gasteiger partial charge in [-0.2, -0.15) is 0 Å². The van der Waals surface area contributed by atoms with Gasteiger partial charge in [-0.15, -0.1) is 0 Å². The van der Waals surface area contributed by atoms with E-state index in [1.54, 1.807) is 0 Å². The zero-order valence-corrected chi connectivity index (χ0v) is 14.7. The normalized spacial score (nSPS) is 27.3. The summed E-state index contributed by atoms with van der Waals surface area (Å²) in [6, 6.07) is 0.296. The Bertz CT molecular complexity index is 405. The molecule has 1 aliphatic heterocycles. The van der Waals surface area contributed by atoms with Crippen LogP contribution in [0, 0.1) is 11.8 Å². The lowest BCUT2D eigenvalue weighted by molar-refractivity contribution is 0.0887. The number of urea groups is 1. The fraction of sp³-hybridized carbons (Fsp3) is 0.824. The molecule has 0 bridgehead atoms. The molecule has 3 atom stereocenters. The summed E-state index contributed by atoms with van der Waals surface area (Å²) in [6.45, 7) is 9.55. The van der Waals surface area contributed by atoms with Gasteiger partial charge in [0.2, 0.25) is 0 Å². The van der Waals surface area contributed by atoms with E-state index in [2.05, 4.69) is 41.3 Å². The first kappa shape index (κ1) is 18.2. The maximum absolute atomic E-state index is 12.1. The van der Waals surface area contributed by atoms with E-state index >= 15 is 0 Å². The number of aliphatic hydroxyl groups is 1. The van der Waals surface area contributed by atoms with Crippen molar-refractivity contribution in [3.05, 3.63) is 12.2 Å². The van der Waals surface area contributed by atoms with Gasteiger partial charge in [-0.25, -0.2) is 4.79 Å². The first-order valence-corrected chi connectivity index (χ1v) is 8.75. The van der Waals surface area contributed by atoms with Crippen molar-refractivity contribution in [2.24, 2.45) is 11.8 Å². The van der Waals surface area contributed by atoms with Crippen LogP contribution in [0.2, 0.25) is 0 Å². The van der Waals surface area contributed by atoms with E-state index in [0.717, 1.165) is 32.6 Å². The van der Waals surface area contributed by atoms with Gasteiger partial charge in [0.15, 0.2) is 0 Å². The number of hydrogen-bond donors (Lipinski definition) is 3. The molecule has 0 spiro atoms. The summed E-state index contributed by atoms with van der Waals surface area (Å²) in [4.78, 5) is 16.9. The summed E-state index contributed by atoms with van der Waals surface area (Å²) in [5, 5.41) is 15.1. The number of rotatable bonds is 6. The number of carbonyl (C=O) groups excluding carboxylic acids is 1. The van der Waals surface area contributed by atoms with Crippen molar-refractivity contribution in [2.75, 3.05) is 46.4 Å². The topological polar surface area (TPSA) is 67.8 Å². The highest BCUT2D eigenvalue weighted by Gasteiger charge is 2.26. The Morgan fingerprint density at radius 1 is 1.26 bits per heavy atom. The average Bonchev–Trinajstić information content (AvgIpc) is 2.96. The summed E-state index contributed by atoms with van der Waals surface area (Å²) < 4.78 is 0. The number of likely N-dealkylation sites (N-methyl/N-ethyl adjacent to an activating group) is 1. The van der Waals surface area contributed by atoms with E-state index in [9.17, 15) is 4.79 Å². The Labute approximate surface area is 139 Å². The van der Waals surface area contributed by atoms with Crippen molar-refractivity contribution in [1.29, 1.82) is 0 Å². The van der Waals surface area contributed by atoms with Crippen LogP contribution < -0.4 is 10.6 Å². The Morgan fingerprint density at radius 2 is 1.96 bits per heavy atom. The smallest absolute Gasteiger partial charge is 0.315 e.